The molecule has 0 unspecified atom stereocenters. The summed E-state index contributed by atoms with van der Waals surface area (Å²) < 4.78 is 5.14. The van der Waals surface area contributed by atoms with Crippen molar-refractivity contribution in [1.82, 2.24) is 4.98 Å². The molecule has 2 rings (SSSR count). The highest BCUT2D eigenvalue weighted by atomic mass is 35.5. The molecule has 0 bridgehead atoms. The molecule has 1 aliphatic carbocycles. The monoisotopic (exact) mass is 157 g/mol. The van der Waals surface area contributed by atoms with Gasteiger partial charge in [0, 0.05) is 5.92 Å². The molecule has 0 spiro atoms. The summed E-state index contributed by atoms with van der Waals surface area (Å²) in [7, 11) is 0. The number of rotatable bonds is 1. The van der Waals surface area contributed by atoms with Gasteiger partial charge < -0.3 is 4.42 Å². The Balaban J connectivity index is 2.17. The van der Waals surface area contributed by atoms with Gasteiger partial charge >= 0.3 is 0 Å². The van der Waals surface area contributed by atoms with Gasteiger partial charge in [0.05, 0.1) is 6.20 Å². The van der Waals surface area contributed by atoms with E-state index in [9.17, 15) is 0 Å². The van der Waals surface area contributed by atoms with Crippen LogP contribution in [0.25, 0.3) is 0 Å². The Kier molecular flexibility index (Phi) is 1.42. The molecular weight excluding hydrogens is 150 g/mol. The van der Waals surface area contributed by atoms with Gasteiger partial charge in [-0.15, -0.1) is 0 Å². The fraction of sp³-hybridized carbons (Fsp3) is 0.571. The van der Waals surface area contributed by atoms with Crippen molar-refractivity contribution >= 4 is 11.6 Å². The van der Waals surface area contributed by atoms with Gasteiger partial charge in [0.15, 0.2) is 5.89 Å². The Labute approximate surface area is 64.2 Å². The Bertz CT molecular complexity index is 229. The highest BCUT2D eigenvalue weighted by Crippen LogP contribution is 2.36. The number of halogens is 1. The van der Waals surface area contributed by atoms with Crippen molar-refractivity contribution in [3.8, 4) is 0 Å². The second kappa shape index (κ2) is 2.27. The van der Waals surface area contributed by atoms with E-state index in [1.54, 1.807) is 6.20 Å². The zero-order chi connectivity index (χ0) is 6.97. The highest BCUT2D eigenvalue weighted by molar-refractivity contribution is 6.28. The number of aromatic nitrogens is 1. The van der Waals surface area contributed by atoms with Gasteiger partial charge in [-0.2, -0.15) is 0 Å². The largest absolute Gasteiger partial charge is 0.429 e. The topological polar surface area (TPSA) is 26.0 Å². The molecule has 0 aliphatic heterocycles. The van der Waals surface area contributed by atoms with Crippen LogP contribution in [0.3, 0.4) is 0 Å². The van der Waals surface area contributed by atoms with Crippen molar-refractivity contribution < 1.29 is 4.42 Å². The van der Waals surface area contributed by atoms with Crippen LogP contribution in [0.4, 0.5) is 0 Å². The second-order valence-corrected chi connectivity index (χ2v) is 3.00. The Morgan fingerprint density at radius 2 is 2.40 bits per heavy atom. The zero-order valence-corrected chi connectivity index (χ0v) is 6.27. The maximum absolute atomic E-state index is 5.56. The van der Waals surface area contributed by atoms with E-state index in [4.69, 9.17) is 16.0 Å². The van der Waals surface area contributed by atoms with Crippen LogP contribution in [0, 0.1) is 0 Å². The van der Waals surface area contributed by atoms with Crippen LogP contribution in [-0.2, 0) is 0 Å². The third-order valence-corrected chi connectivity index (χ3v) is 2.12. The van der Waals surface area contributed by atoms with Crippen LogP contribution >= 0.6 is 11.6 Å². The molecule has 0 atom stereocenters. The molecule has 3 heteroatoms. The minimum absolute atomic E-state index is 0.405. The lowest BCUT2D eigenvalue weighted by Crippen LogP contribution is -2.08. The Morgan fingerprint density at radius 1 is 1.60 bits per heavy atom. The van der Waals surface area contributed by atoms with Gasteiger partial charge in [0.25, 0.3) is 0 Å². The molecule has 2 nitrogen and oxygen atoms in total. The molecule has 1 saturated carbocycles. The maximum Gasteiger partial charge on any atom is 0.213 e. The average molecular weight is 158 g/mol. The van der Waals surface area contributed by atoms with E-state index in [2.05, 4.69) is 4.98 Å². The standard InChI is InChI=1S/C7H8ClNO/c8-6-4-9-7(10-6)5-2-1-3-5/h4-5H,1-3H2. The fourth-order valence-electron chi connectivity index (χ4n) is 1.11. The van der Waals surface area contributed by atoms with E-state index in [-0.39, 0.29) is 0 Å². The van der Waals surface area contributed by atoms with Crippen molar-refractivity contribution in [1.29, 1.82) is 0 Å². The summed E-state index contributed by atoms with van der Waals surface area (Å²) in [5.41, 5.74) is 0. The second-order valence-electron chi connectivity index (χ2n) is 2.63. The summed E-state index contributed by atoms with van der Waals surface area (Å²) in [6.07, 6.45) is 5.27. The Hall–Kier alpha value is -0.500. The van der Waals surface area contributed by atoms with E-state index in [1.165, 1.54) is 19.3 Å². The maximum atomic E-state index is 5.56. The first-order chi connectivity index (χ1) is 4.86. The lowest BCUT2D eigenvalue weighted by atomic mass is 9.85. The number of hydrogen-bond acceptors (Lipinski definition) is 2. The van der Waals surface area contributed by atoms with Crippen LogP contribution in [0.2, 0.25) is 5.22 Å². The lowest BCUT2D eigenvalue weighted by Gasteiger charge is -2.21. The van der Waals surface area contributed by atoms with Crippen LogP contribution in [0.5, 0.6) is 0 Å². The van der Waals surface area contributed by atoms with Gasteiger partial charge in [-0.1, -0.05) is 6.42 Å². The SMILES string of the molecule is Clc1cnc(C2CCC2)o1. The fourth-order valence-corrected chi connectivity index (χ4v) is 1.24. The van der Waals surface area contributed by atoms with E-state index < -0.39 is 0 Å². The minimum Gasteiger partial charge on any atom is -0.429 e. The molecular formula is C7H8ClNO. The van der Waals surface area contributed by atoms with E-state index >= 15 is 0 Å². The predicted molar refractivity (Wildman–Crippen MR) is 38.1 cm³/mol. The van der Waals surface area contributed by atoms with Crippen LogP contribution < -0.4 is 0 Å². The normalized spacial score (nSPS) is 18.9. The molecule has 54 valence electrons. The van der Waals surface area contributed by atoms with Crippen molar-refractivity contribution in [3.05, 3.63) is 17.3 Å². The molecule has 0 N–H and O–H groups in total. The summed E-state index contributed by atoms with van der Waals surface area (Å²) in [4.78, 5) is 4.04. The van der Waals surface area contributed by atoms with Crippen LogP contribution in [0.1, 0.15) is 31.1 Å². The van der Waals surface area contributed by atoms with E-state index in [0.717, 1.165) is 5.89 Å². The van der Waals surface area contributed by atoms with Gasteiger partial charge in [0.1, 0.15) is 0 Å². The van der Waals surface area contributed by atoms with Crippen molar-refractivity contribution in [2.24, 2.45) is 0 Å². The van der Waals surface area contributed by atoms with E-state index in [0.29, 0.717) is 11.1 Å². The summed E-state index contributed by atoms with van der Waals surface area (Å²) in [5, 5.41) is 0.405. The minimum atomic E-state index is 0.405. The molecule has 1 aromatic rings. The van der Waals surface area contributed by atoms with Crippen LogP contribution in [0.15, 0.2) is 10.6 Å². The number of nitrogens with zero attached hydrogens (tertiary/aromatic N) is 1. The molecule has 0 aromatic carbocycles. The van der Waals surface area contributed by atoms with Gasteiger partial charge in [-0.3, -0.25) is 0 Å². The predicted octanol–water partition coefficient (Wildman–Crippen LogP) is 2.60. The van der Waals surface area contributed by atoms with Crippen molar-refractivity contribution in [2.75, 3.05) is 0 Å². The molecule has 0 amide bonds. The Morgan fingerprint density at radius 3 is 2.80 bits per heavy atom. The molecule has 1 fully saturated rings. The number of oxazole rings is 1. The molecule has 1 heterocycles. The third kappa shape index (κ3) is 0.926. The molecule has 0 saturated heterocycles. The first-order valence-corrected chi connectivity index (χ1v) is 3.85. The number of hydrogen-bond donors (Lipinski definition) is 0. The summed E-state index contributed by atoms with van der Waals surface area (Å²) >= 11 is 5.56. The average Bonchev–Trinajstić information content (AvgIpc) is 2.10. The molecule has 10 heavy (non-hydrogen) atoms. The zero-order valence-electron chi connectivity index (χ0n) is 5.51. The summed E-state index contributed by atoms with van der Waals surface area (Å²) in [6, 6.07) is 0. The summed E-state index contributed by atoms with van der Waals surface area (Å²) in [5.74, 6) is 1.36. The highest BCUT2D eigenvalue weighted by Gasteiger charge is 2.23. The quantitative estimate of drug-likeness (QED) is 0.626. The summed E-state index contributed by atoms with van der Waals surface area (Å²) in [6.45, 7) is 0. The molecule has 1 aliphatic rings. The van der Waals surface area contributed by atoms with Crippen LogP contribution in [-0.4, -0.2) is 4.98 Å². The van der Waals surface area contributed by atoms with Crippen molar-refractivity contribution in [3.63, 3.8) is 0 Å². The first kappa shape index (κ1) is 6.23. The van der Waals surface area contributed by atoms with Gasteiger partial charge in [-0.25, -0.2) is 4.98 Å². The first-order valence-electron chi connectivity index (χ1n) is 3.47. The van der Waals surface area contributed by atoms with Crippen molar-refractivity contribution in [2.45, 2.75) is 25.2 Å². The van der Waals surface area contributed by atoms with E-state index in [1.807, 2.05) is 0 Å². The third-order valence-electron chi connectivity index (χ3n) is 1.95. The smallest absolute Gasteiger partial charge is 0.213 e. The lowest BCUT2D eigenvalue weighted by molar-refractivity contribution is 0.335. The van der Waals surface area contributed by atoms with Gasteiger partial charge in [0.2, 0.25) is 5.22 Å². The molecule has 1 aromatic heterocycles. The van der Waals surface area contributed by atoms with Gasteiger partial charge in [-0.05, 0) is 24.4 Å². The molecule has 0 radical (unpaired) electrons.